The lowest BCUT2D eigenvalue weighted by molar-refractivity contribution is 0.158. The molecule has 4 N–H and O–H groups in total. The SMILES string of the molecule is CC(C)(CCn1ccc2cc(CO)ccc21)NCC(O)c1cccc(NS(=O)(=O)c2ccccc2)c1. The minimum Gasteiger partial charge on any atom is -0.392 e. The maximum atomic E-state index is 12.6. The van der Waals surface area contributed by atoms with Gasteiger partial charge in [-0.15, -0.1) is 0 Å². The number of anilines is 1. The van der Waals surface area contributed by atoms with Gasteiger partial charge in [0.05, 0.1) is 17.6 Å². The Morgan fingerprint density at radius 2 is 1.75 bits per heavy atom. The van der Waals surface area contributed by atoms with Crippen molar-refractivity contribution in [2.75, 3.05) is 11.3 Å². The fourth-order valence-electron chi connectivity index (χ4n) is 4.15. The second-order valence-corrected chi connectivity index (χ2v) is 11.3. The zero-order chi connectivity index (χ0) is 25.8. The van der Waals surface area contributed by atoms with E-state index in [9.17, 15) is 18.6 Å². The smallest absolute Gasteiger partial charge is 0.261 e. The van der Waals surface area contributed by atoms with Crippen molar-refractivity contribution < 1.29 is 18.6 Å². The van der Waals surface area contributed by atoms with Crippen LogP contribution in [0, 0.1) is 0 Å². The molecule has 4 aromatic rings. The largest absolute Gasteiger partial charge is 0.392 e. The van der Waals surface area contributed by atoms with Crippen LogP contribution in [0.15, 0.2) is 90.0 Å². The van der Waals surface area contributed by atoms with Gasteiger partial charge in [-0.05, 0) is 79.2 Å². The zero-order valence-electron chi connectivity index (χ0n) is 20.6. The van der Waals surface area contributed by atoms with Crippen LogP contribution in [-0.2, 0) is 23.2 Å². The molecule has 1 aromatic heterocycles. The number of fused-ring (bicyclic) bond motifs is 1. The fraction of sp³-hybridized carbons (Fsp3) is 0.286. The van der Waals surface area contributed by atoms with Crippen molar-refractivity contribution in [2.45, 2.75) is 50.0 Å². The molecule has 3 aromatic carbocycles. The van der Waals surface area contributed by atoms with Crippen LogP contribution in [0.5, 0.6) is 0 Å². The first kappa shape index (κ1) is 25.9. The number of aromatic nitrogens is 1. The normalized spacial score (nSPS) is 13.1. The van der Waals surface area contributed by atoms with Crippen LogP contribution in [-0.4, -0.2) is 35.3 Å². The summed E-state index contributed by atoms with van der Waals surface area (Å²) in [6.07, 6.45) is 2.09. The topological polar surface area (TPSA) is 104 Å². The Bertz CT molecular complexity index is 1420. The third kappa shape index (κ3) is 6.33. The van der Waals surface area contributed by atoms with E-state index in [1.54, 1.807) is 42.5 Å². The molecule has 0 aliphatic heterocycles. The number of aryl methyl sites for hydroxylation is 1. The maximum Gasteiger partial charge on any atom is 0.261 e. The van der Waals surface area contributed by atoms with Crippen molar-refractivity contribution in [3.8, 4) is 0 Å². The van der Waals surface area contributed by atoms with Crippen molar-refractivity contribution in [1.29, 1.82) is 0 Å². The third-order valence-corrected chi connectivity index (χ3v) is 7.74. The highest BCUT2D eigenvalue weighted by Crippen LogP contribution is 2.23. The van der Waals surface area contributed by atoms with Gasteiger partial charge in [0.2, 0.25) is 0 Å². The van der Waals surface area contributed by atoms with Gasteiger partial charge in [-0.25, -0.2) is 8.42 Å². The zero-order valence-corrected chi connectivity index (χ0v) is 21.4. The van der Waals surface area contributed by atoms with Gasteiger partial charge in [-0.1, -0.05) is 36.4 Å². The second kappa shape index (κ2) is 10.8. The number of aliphatic hydroxyl groups is 2. The average Bonchev–Trinajstić information content (AvgIpc) is 3.29. The lowest BCUT2D eigenvalue weighted by atomic mass is 9.99. The number of rotatable bonds is 11. The summed E-state index contributed by atoms with van der Waals surface area (Å²) in [5, 5.41) is 24.7. The number of aliphatic hydroxyl groups excluding tert-OH is 2. The molecule has 190 valence electrons. The number of sulfonamides is 1. The summed E-state index contributed by atoms with van der Waals surface area (Å²) in [5.41, 5.74) is 2.81. The summed E-state index contributed by atoms with van der Waals surface area (Å²) < 4.78 is 30.0. The number of benzene rings is 3. The maximum absolute atomic E-state index is 12.6. The molecule has 0 radical (unpaired) electrons. The molecule has 7 nitrogen and oxygen atoms in total. The van der Waals surface area contributed by atoms with Crippen molar-refractivity contribution in [1.82, 2.24) is 9.88 Å². The van der Waals surface area contributed by atoms with Crippen molar-refractivity contribution in [2.24, 2.45) is 0 Å². The van der Waals surface area contributed by atoms with Gasteiger partial charge in [-0.2, -0.15) is 0 Å². The highest BCUT2D eigenvalue weighted by atomic mass is 32.2. The van der Waals surface area contributed by atoms with E-state index in [1.165, 1.54) is 12.1 Å². The molecular weight excluding hydrogens is 474 g/mol. The lowest BCUT2D eigenvalue weighted by Gasteiger charge is -2.28. The van der Waals surface area contributed by atoms with Gasteiger partial charge in [0, 0.05) is 36.0 Å². The number of β-amino-alcohol motifs (C(OH)–C–C–N with tert-alkyl or cyclic N) is 1. The molecule has 36 heavy (non-hydrogen) atoms. The standard InChI is InChI=1S/C28H33N3O4S/c1-28(2,14-16-31-15-13-22-17-21(20-32)11-12-26(22)31)29-19-27(33)23-7-6-8-24(18-23)30-36(34,35)25-9-4-3-5-10-25/h3-13,15,17-18,27,29-30,32-33H,14,16,19-20H2,1-2H3. The Balaban J connectivity index is 1.35. The van der Waals surface area contributed by atoms with Crippen LogP contribution >= 0.6 is 0 Å². The van der Waals surface area contributed by atoms with Gasteiger partial charge in [-0.3, -0.25) is 4.72 Å². The van der Waals surface area contributed by atoms with Crippen LogP contribution < -0.4 is 10.0 Å². The van der Waals surface area contributed by atoms with Crippen molar-refractivity contribution in [3.63, 3.8) is 0 Å². The molecule has 0 aliphatic carbocycles. The molecule has 0 spiro atoms. The number of nitrogens with zero attached hydrogens (tertiary/aromatic N) is 1. The Hall–Kier alpha value is -3.17. The highest BCUT2D eigenvalue weighted by Gasteiger charge is 2.20. The summed E-state index contributed by atoms with van der Waals surface area (Å²) in [7, 11) is -3.70. The van der Waals surface area contributed by atoms with Crippen LogP contribution in [0.3, 0.4) is 0 Å². The summed E-state index contributed by atoms with van der Waals surface area (Å²) in [5.74, 6) is 0. The molecule has 1 heterocycles. The predicted molar refractivity (Wildman–Crippen MR) is 143 cm³/mol. The van der Waals surface area contributed by atoms with E-state index >= 15 is 0 Å². The first-order valence-electron chi connectivity index (χ1n) is 12.0. The minimum atomic E-state index is -3.70. The van der Waals surface area contributed by atoms with E-state index in [2.05, 4.69) is 40.7 Å². The predicted octanol–water partition coefficient (Wildman–Crippen LogP) is 4.43. The second-order valence-electron chi connectivity index (χ2n) is 9.64. The monoisotopic (exact) mass is 507 g/mol. The van der Waals surface area contributed by atoms with Gasteiger partial charge in [0.15, 0.2) is 0 Å². The summed E-state index contributed by atoms with van der Waals surface area (Å²) in [6.45, 7) is 5.35. The van der Waals surface area contributed by atoms with E-state index in [4.69, 9.17) is 0 Å². The highest BCUT2D eigenvalue weighted by molar-refractivity contribution is 7.92. The van der Waals surface area contributed by atoms with E-state index in [-0.39, 0.29) is 17.0 Å². The van der Waals surface area contributed by atoms with Gasteiger partial charge < -0.3 is 20.1 Å². The molecule has 1 unspecified atom stereocenters. The molecule has 0 saturated heterocycles. The summed E-state index contributed by atoms with van der Waals surface area (Å²) >= 11 is 0. The third-order valence-electron chi connectivity index (χ3n) is 6.35. The summed E-state index contributed by atoms with van der Waals surface area (Å²) in [6, 6.07) is 23.0. The number of hydrogen-bond donors (Lipinski definition) is 4. The van der Waals surface area contributed by atoms with Crippen molar-refractivity contribution in [3.05, 3.63) is 96.2 Å². The lowest BCUT2D eigenvalue weighted by Crippen LogP contribution is -2.42. The van der Waals surface area contributed by atoms with E-state index in [0.29, 0.717) is 17.8 Å². The summed E-state index contributed by atoms with van der Waals surface area (Å²) in [4.78, 5) is 0.184. The minimum absolute atomic E-state index is 0.0300. The quantitative estimate of drug-likeness (QED) is 0.241. The molecule has 0 fully saturated rings. The molecule has 8 heteroatoms. The Kier molecular flexibility index (Phi) is 7.80. The first-order chi connectivity index (χ1) is 17.2. The number of hydrogen-bond acceptors (Lipinski definition) is 5. The fourth-order valence-corrected chi connectivity index (χ4v) is 5.22. The van der Waals surface area contributed by atoms with E-state index < -0.39 is 16.1 Å². The van der Waals surface area contributed by atoms with E-state index in [1.807, 2.05) is 18.2 Å². The molecule has 0 bridgehead atoms. The Labute approximate surface area is 212 Å². The van der Waals surface area contributed by atoms with Crippen LogP contribution in [0.2, 0.25) is 0 Å². The average molecular weight is 508 g/mol. The molecule has 0 aliphatic rings. The molecule has 0 amide bonds. The van der Waals surface area contributed by atoms with Crippen LogP contribution in [0.25, 0.3) is 10.9 Å². The van der Waals surface area contributed by atoms with Gasteiger partial charge in [0.1, 0.15) is 0 Å². The Morgan fingerprint density at radius 3 is 2.50 bits per heavy atom. The van der Waals surface area contributed by atoms with Crippen molar-refractivity contribution >= 4 is 26.6 Å². The molecule has 4 rings (SSSR count). The van der Waals surface area contributed by atoms with Gasteiger partial charge in [0.25, 0.3) is 10.0 Å². The van der Waals surface area contributed by atoms with Gasteiger partial charge >= 0.3 is 0 Å². The molecular formula is C28H33N3O4S. The first-order valence-corrected chi connectivity index (χ1v) is 13.4. The molecule has 1 atom stereocenters. The van der Waals surface area contributed by atoms with Crippen LogP contribution in [0.4, 0.5) is 5.69 Å². The van der Waals surface area contributed by atoms with Crippen LogP contribution in [0.1, 0.15) is 37.5 Å². The molecule has 0 saturated carbocycles. The number of nitrogens with one attached hydrogen (secondary N) is 2. The van der Waals surface area contributed by atoms with E-state index in [0.717, 1.165) is 29.4 Å². The Morgan fingerprint density at radius 1 is 0.972 bits per heavy atom.